The second kappa shape index (κ2) is 2.36. The molecule has 0 N–H and O–H groups in total. The SMILES string of the molecule is FC1(F)OCCO[C@H]1Cl. The van der Waals surface area contributed by atoms with Gasteiger partial charge < -0.3 is 9.47 Å². The lowest BCUT2D eigenvalue weighted by molar-refractivity contribution is -0.311. The zero-order chi connectivity index (χ0) is 6.91. The van der Waals surface area contributed by atoms with Crippen LogP contribution in [0.4, 0.5) is 8.78 Å². The van der Waals surface area contributed by atoms with Gasteiger partial charge in [0, 0.05) is 0 Å². The zero-order valence-electron chi connectivity index (χ0n) is 4.44. The van der Waals surface area contributed by atoms with Gasteiger partial charge in [-0.3, -0.25) is 0 Å². The van der Waals surface area contributed by atoms with Gasteiger partial charge in [-0.25, -0.2) is 0 Å². The summed E-state index contributed by atoms with van der Waals surface area (Å²) in [6.45, 7) is 0.0278. The van der Waals surface area contributed by atoms with Gasteiger partial charge in [0.15, 0.2) is 0 Å². The van der Waals surface area contributed by atoms with Crippen molar-refractivity contribution in [2.24, 2.45) is 0 Å². The summed E-state index contributed by atoms with van der Waals surface area (Å²) in [4.78, 5) is 0. The Labute approximate surface area is 55.7 Å². The fourth-order valence-electron chi connectivity index (χ4n) is 0.492. The van der Waals surface area contributed by atoms with Gasteiger partial charge in [-0.2, -0.15) is 8.78 Å². The van der Waals surface area contributed by atoms with Crippen molar-refractivity contribution < 1.29 is 18.3 Å². The van der Waals surface area contributed by atoms with Gasteiger partial charge in [-0.05, 0) is 0 Å². The van der Waals surface area contributed by atoms with Crippen LogP contribution in [0.25, 0.3) is 0 Å². The summed E-state index contributed by atoms with van der Waals surface area (Å²) in [5.41, 5.74) is -1.63. The predicted molar refractivity (Wildman–Crippen MR) is 26.5 cm³/mol. The van der Waals surface area contributed by atoms with Gasteiger partial charge in [0.2, 0.25) is 5.56 Å². The number of alkyl halides is 3. The molecule has 9 heavy (non-hydrogen) atoms. The highest BCUT2D eigenvalue weighted by atomic mass is 35.5. The van der Waals surface area contributed by atoms with Gasteiger partial charge in [0.1, 0.15) is 0 Å². The molecule has 0 spiro atoms. The van der Waals surface area contributed by atoms with Crippen LogP contribution in [0.15, 0.2) is 0 Å². The second-order valence-electron chi connectivity index (χ2n) is 1.60. The monoisotopic (exact) mass is 158 g/mol. The van der Waals surface area contributed by atoms with Gasteiger partial charge >= 0.3 is 6.11 Å². The van der Waals surface area contributed by atoms with Gasteiger partial charge in [-0.1, -0.05) is 11.6 Å². The summed E-state index contributed by atoms with van der Waals surface area (Å²) < 4.78 is 32.6. The van der Waals surface area contributed by atoms with E-state index in [1.165, 1.54) is 0 Å². The van der Waals surface area contributed by atoms with Crippen molar-refractivity contribution in [1.29, 1.82) is 0 Å². The van der Waals surface area contributed by atoms with E-state index >= 15 is 0 Å². The summed E-state index contributed by atoms with van der Waals surface area (Å²) in [5.74, 6) is 0. The molecule has 1 saturated heterocycles. The van der Waals surface area contributed by atoms with Crippen molar-refractivity contribution in [2.45, 2.75) is 11.7 Å². The van der Waals surface area contributed by atoms with Crippen molar-refractivity contribution in [1.82, 2.24) is 0 Å². The largest absolute Gasteiger partial charge is 0.395 e. The maximum absolute atomic E-state index is 12.1. The Morgan fingerprint density at radius 2 is 2.11 bits per heavy atom. The molecule has 0 aromatic rings. The number of hydrogen-bond acceptors (Lipinski definition) is 2. The summed E-state index contributed by atoms with van der Waals surface area (Å²) in [7, 11) is 0. The normalized spacial score (nSPS) is 34.3. The summed E-state index contributed by atoms with van der Waals surface area (Å²) in [5, 5.41) is 0. The van der Waals surface area contributed by atoms with Crippen molar-refractivity contribution in [3.8, 4) is 0 Å². The highest BCUT2D eigenvalue weighted by molar-refractivity contribution is 6.20. The minimum Gasteiger partial charge on any atom is -0.352 e. The molecule has 0 bridgehead atoms. The third-order valence-electron chi connectivity index (χ3n) is 0.906. The molecule has 5 heteroatoms. The van der Waals surface area contributed by atoms with Gasteiger partial charge in [0.05, 0.1) is 13.2 Å². The predicted octanol–water partition coefficient (Wildman–Crippen LogP) is 1.19. The quantitative estimate of drug-likeness (QED) is 0.493. The van der Waals surface area contributed by atoms with E-state index in [4.69, 9.17) is 11.6 Å². The Morgan fingerprint density at radius 3 is 2.44 bits per heavy atom. The van der Waals surface area contributed by atoms with E-state index in [0.29, 0.717) is 0 Å². The molecule has 0 aromatic heterocycles. The summed E-state index contributed by atoms with van der Waals surface area (Å²) in [6.07, 6.45) is -3.32. The molecule has 0 saturated carbocycles. The molecule has 1 heterocycles. The highest BCUT2D eigenvalue weighted by Crippen LogP contribution is 2.28. The molecular formula is C4H5ClF2O2. The van der Waals surface area contributed by atoms with E-state index in [1.807, 2.05) is 0 Å². The molecule has 0 radical (unpaired) electrons. The first-order chi connectivity index (χ1) is 4.13. The van der Waals surface area contributed by atoms with Crippen LogP contribution in [-0.4, -0.2) is 24.9 Å². The van der Waals surface area contributed by atoms with E-state index in [9.17, 15) is 8.78 Å². The van der Waals surface area contributed by atoms with Crippen LogP contribution in [0.1, 0.15) is 0 Å². The lowest BCUT2D eigenvalue weighted by Gasteiger charge is -2.26. The van der Waals surface area contributed by atoms with Crippen molar-refractivity contribution in [2.75, 3.05) is 13.2 Å². The van der Waals surface area contributed by atoms with Crippen molar-refractivity contribution in [3.63, 3.8) is 0 Å². The molecule has 54 valence electrons. The topological polar surface area (TPSA) is 18.5 Å². The third-order valence-corrected chi connectivity index (χ3v) is 1.29. The van der Waals surface area contributed by atoms with Crippen molar-refractivity contribution in [3.05, 3.63) is 0 Å². The number of ether oxygens (including phenoxy) is 2. The van der Waals surface area contributed by atoms with Crippen molar-refractivity contribution >= 4 is 11.6 Å². The van der Waals surface area contributed by atoms with Crippen LogP contribution in [0.3, 0.4) is 0 Å². The standard InChI is InChI=1S/C4H5ClF2O2/c5-3-4(6,7)9-2-1-8-3/h3H,1-2H2/t3-/m1/s1. The second-order valence-corrected chi connectivity index (χ2v) is 1.99. The van der Waals surface area contributed by atoms with Crippen LogP contribution in [0.2, 0.25) is 0 Å². The zero-order valence-corrected chi connectivity index (χ0v) is 5.20. The Kier molecular flexibility index (Phi) is 1.88. The van der Waals surface area contributed by atoms with E-state index in [0.717, 1.165) is 0 Å². The molecule has 1 fully saturated rings. The first-order valence-electron chi connectivity index (χ1n) is 2.40. The average molecular weight is 159 g/mol. The lowest BCUT2D eigenvalue weighted by Crippen LogP contribution is -2.40. The highest BCUT2D eigenvalue weighted by Gasteiger charge is 2.43. The molecule has 0 aliphatic carbocycles. The molecule has 0 aromatic carbocycles. The number of halogens is 3. The smallest absolute Gasteiger partial charge is 0.352 e. The van der Waals surface area contributed by atoms with Gasteiger partial charge in [-0.15, -0.1) is 0 Å². The first-order valence-corrected chi connectivity index (χ1v) is 2.84. The average Bonchev–Trinajstić information content (AvgIpc) is 1.77. The molecule has 1 aliphatic rings. The van der Waals surface area contributed by atoms with E-state index in [-0.39, 0.29) is 13.2 Å². The minimum atomic E-state index is -3.32. The van der Waals surface area contributed by atoms with Crippen LogP contribution in [-0.2, 0) is 9.47 Å². The molecule has 0 amide bonds. The summed E-state index contributed by atoms with van der Waals surface area (Å²) in [6, 6.07) is 0. The van der Waals surface area contributed by atoms with Crippen LogP contribution < -0.4 is 0 Å². The van der Waals surface area contributed by atoms with E-state index in [2.05, 4.69) is 9.47 Å². The molecule has 2 nitrogen and oxygen atoms in total. The van der Waals surface area contributed by atoms with Crippen LogP contribution in [0, 0.1) is 0 Å². The maximum Gasteiger partial charge on any atom is 0.395 e. The maximum atomic E-state index is 12.1. The third kappa shape index (κ3) is 1.50. The Bertz CT molecular complexity index is 109. The lowest BCUT2D eigenvalue weighted by atomic mass is 10.6. The van der Waals surface area contributed by atoms with Crippen LogP contribution >= 0.6 is 11.6 Å². The fourth-order valence-corrected chi connectivity index (χ4v) is 0.644. The fraction of sp³-hybridized carbons (Fsp3) is 1.00. The number of hydrogen-bond donors (Lipinski definition) is 0. The minimum absolute atomic E-state index is 0.101. The summed E-state index contributed by atoms with van der Waals surface area (Å²) >= 11 is 5.01. The molecule has 0 unspecified atom stereocenters. The Balaban J connectivity index is 2.49. The Hall–Kier alpha value is 0.0700. The van der Waals surface area contributed by atoms with Gasteiger partial charge in [0.25, 0.3) is 0 Å². The first kappa shape index (κ1) is 7.18. The van der Waals surface area contributed by atoms with E-state index < -0.39 is 11.7 Å². The number of rotatable bonds is 0. The molecule has 1 atom stereocenters. The van der Waals surface area contributed by atoms with E-state index in [1.54, 1.807) is 0 Å². The van der Waals surface area contributed by atoms with Crippen LogP contribution in [0.5, 0.6) is 0 Å². The molecule has 1 aliphatic heterocycles. The molecular weight excluding hydrogens is 153 g/mol. The Morgan fingerprint density at radius 1 is 1.44 bits per heavy atom. The molecule has 1 rings (SSSR count).